The molecule has 0 spiro atoms. The fourth-order valence-electron chi connectivity index (χ4n) is 3.27. The maximum absolute atomic E-state index is 13.9. The monoisotopic (exact) mass is 371 g/mol. The first-order valence-electron chi connectivity index (χ1n) is 8.54. The molecule has 2 heterocycles. The molecule has 1 N–H and O–H groups in total. The molecule has 0 fully saturated rings. The Labute approximate surface area is 153 Å². The largest absolute Gasteiger partial charge is 0.306 e. The van der Waals surface area contributed by atoms with Crippen molar-refractivity contribution in [3.63, 3.8) is 0 Å². The average Bonchev–Trinajstić information content (AvgIpc) is 2.67. The van der Waals surface area contributed by atoms with Gasteiger partial charge in [0, 0.05) is 43.2 Å². The van der Waals surface area contributed by atoms with E-state index in [0.29, 0.717) is 36.1 Å². The molecule has 4 nitrogen and oxygen atoms in total. The highest BCUT2D eigenvalue weighted by atomic mass is 19.2. The number of H-pyrrole nitrogens is 1. The summed E-state index contributed by atoms with van der Waals surface area (Å²) in [6, 6.07) is 10.8. The molecular weight excluding hydrogens is 355 g/mol. The molecule has 0 unspecified atom stereocenters. The molecule has 0 atom stereocenters. The third-order valence-electron chi connectivity index (χ3n) is 4.68. The van der Waals surface area contributed by atoms with Gasteiger partial charge in [-0.2, -0.15) is 0 Å². The zero-order chi connectivity index (χ0) is 19.0. The molecule has 7 heteroatoms. The second-order valence-electron chi connectivity index (χ2n) is 6.52. The molecule has 1 aromatic heterocycles. The van der Waals surface area contributed by atoms with Gasteiger partial charge in [-0.25, -0.2) is 18.2 Å². The van der Waals surface area contributed by atoms with Crippen LogP contribution in [0.5, 0.6) is 0 Å². The van der Waals surface area contributed by atoms with Crippen LogP contribution in [-0.2, 0) is 19.5 Å². The number of benzene rings is 2. The minimum absolute atomic E-state index is 0.0580. The molecule has 2 aromatic carbocycles. The third kappa shape index (κ3) is 3.50. The van der Waals surface area contributed by atoms with E-state index < -0.39 is 17.5 Å². The van der Waals surface area contributed by atoms with Gasteiger partial charge in [-0.05, 0) is 6.07 Å². The van der Waals surface area contributed by atoms with Gasteiger partial charge in [0.25, 0.3) is 5.56 Å². The third-order valence-corrected chi connectivity index (χ3v) is 4.68. The summed E-state index contributed by atoms with van der Waals surface area (Å²) in [4.78, 5) is 21.7. The molecule has 0 radical (unpaired) electrons. The van der Waals surface area contributed by atoms with E-state index in [2.05, 4.69) is 9.97 Å². The van der Waals surface area contributed by atoms with E-state index in [4.69, 9.17) is 0 Å². The average molecular weight is 371 g/mol. The van der Waals surface area contributed by atoms with Gasteiger partial charge in [0.2, 0.25) is 0 Å². The first kappa shape index (κ1) is 17.5. The van der Waals surface area contributed by atoms with E-state index in [1.807, 2.05) is 35.2 Å². The molecule has 3 aromatic rings. The van der Waals surface area contributed by atoms with Crippen molar-refractivity contribution in [2.24, 2.45) is 0 Å². The van der Waals surface area contributed by atoms with Crippen LogP contribution in [0.3, 0.4) is 0 Å². The minimum Gasteiger partial charge on any atom is -0.306 e. The molecule has 4 rings (SSSR count). The minimum atomic E-state index is -1.21. The molecule has 0 bridgehead atoms. The highest BCUT2D eigenvalue weighted by molar-refractivity contribution is 5.54. The maximum Gasteiger partial charge on any atom is 0.255 e. The summed E-state index contributed by atoms with van der Waals surface area (Å²) in [6.07, 6.45) is 0.518. The summed E-state index contributed by atoms with van der Waals surface area (Å²) in [7, 11) is 0. The molecule has 0 amide bonds. The van der Waals surface area contributed by atoms with Crippen LogP contribution in [0.15, 0.2) is 47.3 Å². The number of rotatable bonds is 3. The molecule has 0 aliphatic carbocycles. The quantitative estimate of drug-likeness (QED) is 0.718. The zero-order valence-corrected chi connectivity index (χ0v) is 14.3. The lowest BCUT2D eigenvalue weighted by Gasteiger charge is -2.27. The van der Waals surface area contributed by atoms with Crippen molar-refractivity contribution in [1.82, 2.24) is 14.9 Å². The van der Waals surface area contributed by atoms with Gasteiger partial charge in [0.1, 0.15) is 11.6 Å². The number of aromatic amines is 1. The van der Waals surface area contributed by atoms with Crippen LogP contribution >= 0.6 is 0 Å². The van der Waals surface area contributed by atoms with Crippen molar-refractivity contribution in [1.29, 1.82) is 0 Å². The zero-order valence-electron chi connectivity index (χ0n) is 14.3. The Balaban J connectivity index is 1.59. The van der Waals surface area contributed by atoms with Crippen LogP contribution in [0.2, 0.25) is 0 Å². The summed E-state index contributed by atoms with van der Waals surface area (Å²) < 4.78 is 40.4. The Bertz CT molecular complexity index is 1050. The summed E-state index contributed by atoms with van der Waals surface area (Å²) >= 11 is 0. The molecule has 27 heavy (non-hydrogen) atoms. The molecule has 0 saturated heterocycles. The number of halogens is 3. The topological polar surface area (TPSA) is 49.0 Å². The standard InChI is InChI=1S/C20H16F3N3O/c21-15-9-17(23)16(22)8-13(15)10-26-7-6-18-14(11-26)20(27)25-19(24-18)12-4-2-1-3-5-12/h1-5,8-9H,6-7,10-11H2,(H,24,25,27). The van der Waals surface area contributed by atoms with Gasteiger partial charge in [0.05, 0.1) is 11.3 Å². The van der Waals surface area contributed by atoms with Gasteiger partial charge in [-0.15, -0.1) is 0 Å². The molecular formula is C20H16F3N3O. The van der Waals surface area contributed by atoms with Crippen molar-refractivity contribution in [3.05, 3.63) is 87.1 Å². The Kier molecular flexibility index (Phi) is 4.53. The molecule has 138 valence electrons. The number of nitrogens with zero attached hydrogens (tertiary/aromatic N) is 2. The van der Waals surface area contributed by atoms with Crippen LogP contribution in [0, 0.1) is 17.5 Å². The Morgan fingerprint density at radius 3 is 2.56 bits per heavy atom. The van der Waals surface area contributed by atoms with Crippen LogP contribution in [0.25, 0.3) is 11.4 Å². The lowest BCUT2D eigenvalue weighted by Crippen LogP contribution is -2.35. The second kappa shape index (κ2) is 7.00. The Hall–Kier alpha value is -2.93. The number of fused-ring (bicyclic) bond motifs is 1. The highest BCUT2D eigenvalue weighted by Crippen LogP contribution is 2.21. The van der Waals surface area contributed by atoms with E-state index >= 15 is 0 Å². The fraction of sp³-hybridized carbons (Fsp3) is 0.200. The first-order valence-corrected chi connectivity index (χ1v) is 8.54. The van der Waals surface area contributed by atoms with Gasteiger partial charge in [-0.3, -0.25) is 9.69 Å². The van der Waals surface area contributed by atoms with Gasteiger partial charge >= 0.3 is 0 Å². The van der Waals surface area contributed by atoms with E-state index in [1.54, 1.807) is 0 Å². The Morgan fingerprint density at radius 1 is 1.04 bits per heavy atom. The smallest absolute Gasteiger partial charge is 0.255 e. The van der Waals surface area contributed by atoms with Gasteiger partial charge in [-0.1, -0.05) is 30.3 Å². The van der Waals surface area contributed by atoms with Crippen molar-refractivity contribution < 1.29 is 13.2 Å². The summed E-state index contributed by atoms with van der Waals surface area (Å²) in [5.74, 6) is -2.59. The number of nitrogens with one attached hydrogen (secondary N) is 1. The summed E-state index contributed by atoms with van der Waals surface area (Å²) in [5, 5.41) is 0. The molecule has 1 aliphatic heterocycles. The first-order chi connectivity index (χ1) is 13.0. The van der Waals surface area contributed by atoms with Crippen molar-refractivity contribution in [3.8, 4) is 11.4 Å². The maximum atomic E-state index is 13.9. The predicted molar refractivity (Wildman–Crippen MR) is 94.4 cm³/mol. The predicted octanol–water partition coefficient (Wildman–Crippen LogP) is 3.41. The van der Waals surface area contributed by atoms with Crippen LogP contribution in [0.1, 0.15) is 16.8 Å². The number of aromatic nitrogens is 2. The van der Waals surface area contributed by atoms with Gasteiger partial charge < -0.3 is 4.98 Å². The summed E-state index contributed by atoms with van der Waals surface area (Å²) in [5.41, 5.74) is 1.86. The van der Waals surface area contributed by atoms with Crippen LogP contribution in [-0.4, -0.2) is 21.4 Å². The fourth-order valence-corrected chi connectivity index (χ4v) is 3.27. The number of hydrogen-bond acceptors (Lipinski definition) is 3. The van der Waals surface area contributed by atoms with Crippen molar-refractivity contribution in [2.45, 2.75) is 19.5 Å². The normalized spacial score (nSPS) is 14.2. The van der Waals surface area contributed by atoms with Crippen LogP contribution < -0.4 is 5.56 Å². The van der Waals surface area contributed by atoms with Crippen molar-refractivity contribution in [2.75, 3.05) is 6.54 Å². The van der Waals surface area contributed by atoms with E-state index in [1.165, 1.54) is 0 Å². The Morgan fingerprint density at radius 2 is 1.78 bits per heavy atom. The highest BCUT2D eigenvalue weighted by Gasteiger charge is 2.23. The SMILES string of the molecule is O=c1[nH]c(-c2ccccc2)nc2c1CN(Cc1cc(F)c(F)cc1F)CC2. The molecule has 1 aliphatic rings. The molecule has 0 saturated carbocycles. The van der Waals surface area contributed by atoms with E-state index in [0.717, 1.165) is 11.6 Å². The van der Waals surface area contributed by atoms with E-state index in [9.17, 15) is 18.0 Å². The van der Waals surface area contributed by atoms with Gasteiger partial charge in [0.15, 0.2) is 11.6 Å². The lowest BCUT2D eigenvalue weighted by atomic mass is 10.0. The van der Waals surface area contributed by atoms with Crippen molar-refractivity contribution >= 4 is 0 Å². The number of hydrogen-bond donors (Lipinski definition) is 1. The van der Waals surface area contributed by atoms with E-state index in [-0.39, 0.29) is 24.2 Å². The lowest BCUT2D eigenvalue weighted by molar-refractivity contribution is 0.238. The second-order valence-corrected chi connectivity index (χ2v) is 6.52. The summed E-state index contributed by atoms with van der Waals surface area (Å²) in [6.45, 7) is 0.893. The van der Waals surface area contributed by atoms with Crippen LogP contribution in [0.4, 0.5) is 13.2 Å².